The number of rotatable bonds is 7. The second-order valence-electron chi connectivity index (χ2n) is 4.17. The van der Waals surface area contributed by atoms with Crippen molar-refractivity contribution in [2.45, 2.75) is 58.3 Å². The molecule has 0 aliphatic carbocycles. The summed E-state index contributed by atoms with van der Waals surface area (Å²) in [6.45, 7) is 2.28. The van der Waals surface area contributed by atoms with Crippen LogP contribution in [0.2, 0.25) is 0 Å². The molecule has 0 N–H and O–H groups in total. The molecule has 0 radical (unpaired) electrons. The van der Waals surface area contributed by atoms with Gasteiger partial charge in [0.15, 0.2) is 0 Å². The standard InChI is InChI=1S/C13H24S2/c1-2-3-4-5-6-7-9-13-12-14-10-8-11-15-13/h12H,2-11H2,1H3. The molecule has 0 nitrogen and oxygen atoms in total. The van der Waals surface area contributed by atoms with Crippen LogP contribution in [0.1, 0.15) is 58.3 Å². The highest BCUT2D eigenvalue weighted by molar-refractivity contribution is 8.06. The first-order valence-electron chi connectivity index (χ1n) is 6.37. The molecule has 15 heavy (non-hydrogen) atoms. The molecule has 0 aromatic heterocycles. The lowest BCUT2D eigenvalue weighted by atomic mass is 10.1. The highest BCUT2D eigenvalue weighted by Crippen LogP contribution is 2.29. The number of hydrogen-bond donors (Lipinski definition) is 0. The summed E-state index contributed by atoms with van der Waals surface area (Å²) in [6.07, 6.45) is 11.2. The normalized spacial score (nSPS) is 17.3. The Bertz CT molecular complexity index is 175. The van der Waals surface area contributed by atoms with Gasteiger partial charge in [-0.05, 0) is 41.1 Å². The predicted molar refractivity (Wildman–Crippen MR) is 75.6 cm³/mol. The Balaban J connectivity index is 1.96. The minimum atomic E-state index is 1.33. The van der Waals surface area contributed by atoms with Gasteiger partial charge in [0.05, 0.1) is 0 Å². The molecule has 0 bridgehead atoms. The summed E-state index contributed by atoms with van der Waals surface area (Å²) in [6, 6.07) is 0. The summed E-state index contributed by atoms with van der Waals surface area (Å²) in [5.74, 6) is 2.67. The van der Waals surface area contributed by atoms with Crippen LogP contribution in [0.4, 0.5) is 0 Å². The van der Waals surface area contributed by atoms with Crippen molar-refractivity contribution in [1.29, 1.82) is 0 Å². The Labute approximate surface area is 104 Å². The van der Waals surface area contributed by atoms with Crippen molar-refractivity contribution in [1.82, 2.24) is 0 Å². The van der Waals surface area contributed by atoms with Crippen LogP contribution in [-0.4, -0.2) is 11.5 Å². The quantitative estimate of drug-likeness (QED) is 0.546. The van der Waals surface area contributed by atoms with Crippen molar-refractivity contribution >= 4 is 23.5 Å². The zero-order valence-electron chi connectivity index (χ0n) is 9.96. The maximum absolute atomic E-state index is 2.41. The highest BCUT2D eigenvalue weighted by atomic mass is 32.2. The van der Waals surface area contributed by atoms with Gasteiger partial charge in [-0.15, -0.1) is 23.5 Å². The van der Waals surface area contributed by atoms with E-state index in [-0.39, 0.29) is 0 Å². The van der Waals surface area contributed by atoms with Crippen LogP contribution >= 0.6 is 23.5 Å². The number of unbranched alkanes of at least 4 members (excludes halogenated alkanes) is 5. The van der Waals surface area contributed by atoms with E-state index in [2.05, 4.69) is 24.1 Å². The summed E-state index contributed by atoms with van der Waals surface area (Å²) in [4.78, 5) is 1.65. The molecule has 0 fully saturated rings. The second-order valence-corrected chi connectivity index (χ2v) is 6.37. The van der Waals surface area contributed by atoms with E-state index in [9.17, 15) is 0 Å². The minimum absolute atomic E-state index is 1.33. The summed E-state index contributed by atoms with van der Waals surface area (Å²) >= 11 is 4.11. The summed E-state index contributed by atoms with van der Waals surface area (Å²) in [7, 11) is 0. The zero-order valence-corrected chi connectivity index (χ0v) is 11.6. The van der Waals surface area contributed by atoms with Crippen LogP contribution in [0, 0.1) is 0 Å². The van der Waals surface area contributed by atoms with Gasteiger partial charge in [-0.3, -0.25) is 0 Å². The van der Waals surface area contributed by atoms with Crippen molar-refractivity contribution in [3.63, 3.8) is 0 Å². The van der Waals surface area contributed by atoms with Crippen LogP contribution in [0.3, 0.4) is 0 Å². The lowest BCUT2D eigenvalue weighted by molar-refractivity contribution is 0.610. The van der Waals surface area contributed by atoms with Crippen LogP contribution in [0.25, 0.3) is 0 Å². The fourth-order valence-corrected chi connectivity index (χ4v) is 3.97. The lowest BCUT2D eigenvalue weighted by Gasteiger charge is -2.04. The molecule has 0 saturated heterocycles. The molecule has 2 heteroatoms. The van der Waals surface area contributed by atoms with E-state index in [1.807, 2.05) is 11.8 Å². The molecule has 0 amide bonds. The van der Waals surface area contributed by atoms with Crippen LogP contribution in [0.5, 0.6) is 0 Å². The fraction of sp³-hybridized carbons (Fsp3) is 0.846. The molecule has 0 unspecified atom stereocenters. The van der Waals surface area contributed by atoms with Gasteiger partial charge in [0.25, 0.3) is 0 Å². The van der Waals surface area contributed by atoms with Crippen molar-refractivity contribution in [3.8, 4) is 0 Å². The average molecular weight is 244 g/mol. The predicted octanol–water partition coefficient (Wildman–Crippen LogP) is 5.45. The van der Waals surface area contributed by atoms with E-state index in [1.54, 1.807) is 4.91 Å². The van der Waals surface area contributed by atoms with E-state index in [1.165, 1.54) is 62.9 Å². The average Bonchev–Trinajstić information content (AvgIpc) is 2.52. The summed E-state index contributed by atoms with van der Waals surface area (Å²) in [5.41, 5.74) is 0. The molecule has 1 aliphatic heterocycles. The highest BCUT2D eigenvalue weighted by Gasteiger charge is 2.03. The Morgan fingerprint density at radius 2 is 1.87 bits per heavy atom. The van der Waals surface area contributed by atoms with Crippen molar-refractivity contribution in [2.24, 2.45) is 0 Å². The molecule has 0 aromatic rings. The fourth-order valence-electron chi connectivity index (χ4n) is 1.74. The topological polar surface area (TPSA) is 0 Å². The van der Waals surface area contributed by atoms with E-state index in [4.69, 9.17) is 0 Å². The number of thioether (sulfide) groups is 2. The van der Waals surface area contributed by atoms with Gasteiger partial charge < -0.3 is 0 Å². The molecule has 1 heterocycles. The van der Waals surface area contributed by atoms with E-state index < -0.39 is 0 Å². The van der Waals surface area contributed by atoms with Crippen LogP contribution in [-0.2, 0) is 0 Å². The third-order valence-corrected chi connectivity index (χ3v) is 5.00. The Hall–Kier alpha value is 0.440. The molecule has 1 aliphatic rings. The molecular weight excluding hydrogens is 220 g/mol. The SMILES string of the molecule is CCCCCCCCC1=CSCCCS1. The van der Waals surface area contributed by atoms with Gasteiger partial charge in [-0.1, -0.05) is 39.0 Å². The van der Waals surface area contributed by atoms with Gasteiger partial charge in [0.2, 0.25) is 0 Å². The Morgan fingerprint density at radius 1 is 1.07 bits per heavy atom. The minimum Gasteiger partial charge on any atom is -0.133 e. The van der Waals surface area contributed by atoms with E-state index in [0.29, 0.717) is 0 Å². The van der Waals surface area contributed by atoms with Crippen LogP contribution in [0.15, 0.2) is 10.3 Å². The smallest absolute Gasteiger partial charge is 0.00151 e. The van der Waals surface area contributed by atoms with Gasteiger partial charge in [-0.25, -0.2) is 0 Å². The van der Waals surface area contributed by atoms with E-state index in [0.717, 1.165) is 0 Å². The molecular formula is C13H24S2. The lowest BCUT2D eigenvalue weighted by Crippen LogP contribution is -1.83. The monoisotopic (exact) mass is 244 g/mol. The maximum atomic E-state index is 2.41. The summed E-state index contributed by atoms with van der Waals surface area (Å²) in [5, 5.41) is 2.41. The van der Waals surface area contributed by atoms with E-state index >= 15 is 0 Å². The molecule has 0 atom stereocenters. The molecule has 1 rings (SSSR count). The second kappa shape index (κ2) is 9.65. The van der Waals surface area contributed by atoms with Gasteiger partial charge in [-0.2, -0.15) is 0 Å². The Kier molecular flexibility index (Phi) is 8.69. The van der Waals surface area contributed by atoms with Gasteiger partial charge in [0, 0.05) is 0 Å². The molecule has 0 saturated carbocycles. The van der Waals surface area contributed by atoms with Crippen molar-refractivity contribution < 1.29 is 0 Å². The first-order valence-corrected chi connectivity index (χ1v) is 8.40. The Morgan fingerprint density at radius 3 is 2.73 bits per heavy atom. The van der Waals surface area contributed by atoms with Crippen LogP contribution < -0.4 is 0 Å². The number of hydrogen-bond acceptors (Lipinski definition) is 2. The largest absolute Gasteiger partial charge is 0.133 e. The van der Waals surface area contributed by atoms with Crippen molar-refractivity contribution in [2.75, 3.05) is 11.5 Å². The molecule has 88 valence electrons. The first-order chi connectivity index (χ1) is 7.43. The molecule has 0 spiro atoms. The van der Waals surface area contributed by atoms with Gasteiger partial charge in [0.1, 0.15) is 0 Å². The zero-order chi connectivity index (χ0) is 10.8. The summed E-state index contributed by atoms with van der Waals surface area (Å²) < 4.78 is 0. The first kappa shape index (κ1) is 13.5. The molecule has 0 aromatic carbocycles. The maximum Gasteiger partial charge on any atom is -0.00151 e. The third kappa shape index (κ3) is 7.35. The van der Waals surface area contributed by atoms with Gasteiger partial charge >= 0.3 is 0 Å². The third-order valence-electron chi connectivity index (χ3n) is 2.69. The number of allylic oxidation sites excluding steroid dienone is 1. The van der Waals surface area contributed by atoms with Crippen molar-refractivity contribution in [3.05, 3.63) is 10.3 Å².